The van der Waals surface area contributed by atoms with Gasteiger partial charge in [-0.05, 0) is 68.5 Å². The van der Waals surface area contributed by atoms with Crippen LogP contribution in [0.25, 0.3) is 11.0 Å². The Morgan fingerprint density at radius 3 is 2.41 bits per heavy atom. The molecule has 0 bridgehead atoms. The zero-order valence-electron chi connectivity index (χ0n) is 15.8. The lowest BCUT2D eigenvalue weighted by Crippen LogP contribution is -2.25. The van der Waals surface area contributed by atoms with Crippen LogP contribution in [0.15, 0.2) is 42.5 Å². The van der Waals surface area contributed by atoms with Crippen LogP contribution in [-0.4, -0.2) is 34.1 Å². The molecule has 27 heavy (non-hydrogen) atoms. The molecule has 4 nitrogen and oxygen atoms in total. The molecule has 2 aromatic carbocycles. The molecule has 1 aromatic heterocycles. The molecule has 0 radical (unpaired) electrons. The van der Waals surface area contributed by atoms with Crippen LogP contribution in [0.4, 0.5) is 0 Å². The summed E-state index contributed by atoms with van der Waals surface area (Å²) in [5, 5.41) is 1.39. The molecule has 0 aliphatic rings. The molecule has 0 saturated heterocycles. The topological polar surface area (TPSA) is 30.3 Å². The van der Waals surface area contributed by atoms with Gasteiger partial charge in [0, 0.05) is 16.6 Å². The highest BCUT2D eigenvalue weighted by Crippen LogP contribution is 2.23. The molecule has 144 valence electrons. The van der Waals surface area contributed by atoms with E-state index in [1.807, 2.05) is 42.5 Å². The predicted octanol–water partition coefficient (Wildman–Crippen LogP) is 5.65. The second-order valence-electron chi connectivity index (χ2n) is 6.44. The number of benzene rings is 2. The van der Waals surface area contributed by atoms with Crippen molar-refractivity contribution in [2.24, 2.45) is 0 Å². The molecule has 0 amide bonds. The second kappa shape index (κ2) is 9.45. The number of fused-ring (bicyclic) bond motifs is 1. The van der Waals surface area contributed by atoms with Crippen LogP contribution in [0.5, 0.6) is 5.75 Å². The van der Waals surface area contributed by atoms with Crippen LogP contribution in [0.3, 0.4) is 0 Å². The molecule has 0 saturated carbocycles. The molecular weight excluding hydrogens is 381 g/mol. The number of nitrogens with zero attached hydrogens (tertiary/aromatic N) is 3. The maximum atomic E-state index is 6.15. The fraction of sp³-hybridized carbons (Fsp3) is 0.381. The van der Waals surface area contributed by atoms with Crippen LogP contribution in [-0.2, 0) is 13.2 Å². The van der Waals surface area contributed by atoms with Gasteiger partial charge in [0.15, 0.2) is 0 Å². The first kappa shape index (κ1) is 20.0. The van der Waals surface area contributed by atoms with Gasteiger partial charge in [-0.15, -0.1) is 0 Å². The normalized spacial score (nSPS) is 11.4. The van der Waals surface area contributed by atoms with Gasteiger partial charge in [-0.3, -0.25) is 0 Å². The molecule has 3 rings (SSSR count). The van der Waals surface area contributed by atoms with Crippen LogP contribution in [0.1, 0.15) is 26.1 Å². The zero-order chi connectivity index (χ0) is 19.2. The molecule has 0 fully saturated rings. The highest BCUT2D eigenvalue weighted by Gasteiger charge is 2.12. The first-order valence-electron chi connectivity index (χ1n) is 9.36. The third-order valence-corrected chi connectivity index (χ3v) is 5.21. The summed E-state index contributed by atoms with van der Waals surface area (Å²) in [6.07, 6.45) is 1.06. The van der Waals surface area contributed by atoms with Crippen molar-refractivity contribution < 1.29 is 4.74 Å². The standard InChI is InChI=1S/C21H25Cl2N3O/c1-3-25(4-2)12-5-13-26-20-11-8-17(23)14-19(20)24-21(26)15-27-18-9-6-16(22)7-10-18/h6-11,14H,3-5,12-13,15H2,1-2H3. The van der Waals surface area contributed by atoms with E-state index in [4.69, 9.17) is 32.9 Å². The van der Waals surface area contributed by atoms with Gasteiger partial charge >= 0.3 is 0 Å². The number of rotatable bonds is 9. The van der Waals surface area contributed by atoms with E-state index in [0.29, 0.717) is 16.7 Å². The lowest BCUT2D eigenvalue weighted by molar-refractivity contribution is 0.279. The first-order valence-corrected chi connectivity index (χ1v) is 10.1. The van der Waals surface area contributed by atoms with Gasteiger partial charge in [-0.2, -0.15) is 0 Å². The molecule has 1 heterocycles. The van der Waals surface area contributed by atoms with E-state index >= 15 is 0 Å². The van der Waals surface area contributed by atoms with E-state index < -0.39 is 0 Å². The molecule has 3 aromatic rings. The van der Waals surface area contributed by atoms with Crippen molar-refractivity contribution in [1.29, 1.82) is 0 Å². The van der Waals surface area contributed by atoms with Crippen molar-refractivity contribution >= 4 is 34.2 Å². The molecule has 0 aliphatic carbocycles. The second-order valence-corrected chi connectivity index (χ2v) is 7.31. The van der Waals surface area contributed by atoms with E-state index in [0.717, 1.165) is 55.2 Å². The average molecular weight is 406 g/mol. The van der Waals surface area contributed by atoms with Crippen LogP contribution in [0.2, 0.25) is 10.0 Å². The number of imidazole rings is 1. The van der Waals surface area contributed by atoms with Gasteiger partial charge < -0.3 is 14.2 Å². The van der Waals surface area contributed by atoms with Crippen molar-refractivity contribution in [3.05, 3.63) is 58.3 Å². The Morgan fingerprint density at radius 2 is 1.70 bits per heavy atom. The fourth-order valence-electron chi connectivity index (χ4n) is 3.18. The summed E-state index contributed by atoms with van der Waals surface area (Å²) in [5.41, 5.74) is 1.99. The van der Waals surface area contributed by atoms with Crippen molar-refractivity contribution in [3.8, 4) is 5.75 Å². The number of aryl methyl sites for hydroxylation is 1. The maximum Gasteiger partial charge on any atom is 0.147 e. The molecular formula is C21H25Cl2N3O. The summed E-state index contributed by atoms with van der Waals surface area (Å²) >= 11 is 12.1. The zero-order valence-corrected chi connectivity index (χ0v) is 17.3. The molecule has 0 aliphatic heterocycles. The van der Waals surface area contributed by atoms with Gasteiger partial charge in [-0.25, -0.2) is 4.98 Å². The highest BCUT2D eigenvalue weighted by molar-refractivity contribution is 6.31. The van der Waals surface area contributed by atoms with Crippen LogP contribution >= 0.6 is 23.2 Å². The fourth-order valence-corrected chi connectivity index (χ4v) is 3.48. The summed E-state index contributed by atoms with van der Waals surface area (Å²) in [6, 6.07) is 13.2. The number of hydrogen-bond acceptors (Lipinski definition) is 3. The SMILES string of the molecule is CCN(CC)CCCn1c(COc2ccc(Cl)cc2)nc2cc(Cl)ccc21. The quantitative estimate of drug-likeness (QED) is 0.460. The largest absolute Gasteiger partial charge is 0.486 e. The summed E-state index contributed by atoms with van der Waals surface area (Å²) in [6.45, 7) is 8.91. The van der Waals surface area contributed by atoms with Crippen molar-refractivity contribution in [2.45, 2.75) is 33.4 Å². The van der Waals surface area contributed by atoms with E-state index in [1.165, 1.54) is 0 Å². The maximum absolute atomic E-state index is 6.15. The predicted molar refractivity (Wildman–Crippen MR) is 113 cm³/mol. The third-order valence-electron chi connectivity index (χ3n) is 4.72. The number of halogens is 2. The minimum absolute atomic E-state index is 0.402. The van der Waals surface area contributed by atoms with Crippen molar-refractivity contribution in [3.63, 3.8) is 0 Å². The van der Waals surface area contributed by atoms with Crippen molar-refractivity contribution in [2.75, 3.05) is 19.6 Å². The minimum Gasteiger partial charge on any atom is -0.486 e. The Labute approximate surface area is 170 Å². The lowest BCUT2D eigenvalue weighted by atomic mass is 10.3. The Balaban J connectivity index is 1.78. The third kappa shape index (κ3) is 5.16. The minimum atomic E-state index is 0.402. The van der Waals surface area contributed by atoms with E-state index in [9.17, 15) is 0 Å². The molecule has 0 unspecified atom stereocenters. The average Bonchev–Trinajstić information content (AvgIpc) is 3.01. The number of aromatic nitrogens is 2. The van der Waals surface area contributed by atoms with Gasteiger partial charge in [0.05, 0.1) is 11.0 Å². The van der Waals surface area contributed by atoms with Gasteiger partial charge in [-0.1, -0.05) is 37.0 Å². The molecule has 0 spiro atoms. The van der Waals surface area contributed by atoms with Gasteiger partial charge in [0.2, 0.25) is 0 Å². The van der Waals surface area contributed by atoms with E-state index in [1.54, 1.807) is 0 Å². The summed E-state index contributed by atoms with van der Waals surface area (Å²) < 4.78 is 8.17. The van der Waals surface area contributed by atoms with E-state index in [-0.39, 0.29) is 0 Å². The van der Waals surface area contributed by atoms with Crippen molar-refractivity contribution in [1.82, 2.24) is 14.5 Å². The summed E-state index contributed by atoms with van der Waals surface area (Å²) in [5.74, 6) is 1.68. The summed E-state index contributed by atoms with van der Waals surface area (Å²) in [7, 11) is 0. The summed E-state index contributed by atoms with van der Waals surface area (Å²) in [4.78, 5) is 7.19. The number of ether oxygens (including phenoxy) is 1. The Kier molecular flexibility index (Phi) is 7.00. The van der Waals surface area contributed by atoms with Crippen LogP contribution < -0.4 is 4.74 Å². The highest BCUT2D eigenvalue weighted by atomic mass is 35.5. The van der Waals surface area contributed by atoms with Gasteiger partial charge in [0.1, 0.15) is 18.2 Å². The van der Waals surface area contributed by atoms with Crippen LogP contribution in [0, 0.1) is 0 Å². The Morgan fingerprint density at radius 1 is 1.00 bits per heavy atom. The monoisotopic (exact) mass is 405 g/mol. The smallest absolute Gasteiger partial charge is 0.147 e. The van der Waals surface area contributed by atoms with Gasteiger partial charge in [0.25, 0.3) is 0 Å². The lowest BCUT2D eigenvalue weighted by Gasteiger charge is -2.18. The Bertz CT molecular complexity index is 873. The van der Waals surface area contributed by atoms with E-state index in [2.05, 4.69) is 23.3 Å². The number of hydrogen-bond donors (Lipinski definition) is 0. The first-order chi connectivity index (χ1) is 13.1. The Hall–Kier alpha value is -1.75. The molecule has 6 heteroatoms. The molecule has 0 atom stereocenters. The molecule has 0 N–H and O–H groups in total.